The van der Waals surface area contributed by atoms with E-state index in [0.717, 1.165) is 22.9 Å². The van der Waals surface area contributed by atoms with Crippen LogP contribution in [0, 0.1) is 13.8 Å². The van der Waals surface area contributed by atoms with E-state index in [2.05, 4.69) is 10.4 Å². The van der Waals surface area contributed by atoms with E-state index in [1.807, 2.05) is 32.0 Å². The quantitative estimate of drug-likeness (QED) is 0.535. The molecule has 158 valence electrons. The van der Waals surface area contributed by atoms with Gasteiger partial charge in [-0.15, -0.1) is 11.8 Å². The zero-order chi connectivity index (χ0) is 22.1. The average molecular weight is 465 g/mol. The number of sulfone groups is 1. The minimum atomic E-state index is -3.93. The molecule has 0 bridgehead atoms. The maximum atomic E-state index is 13.1. The molecular formula is C20H21ClN4O3S2. The first kappa shape index (κ1) is 22.2. The van der Waals surface area contributed by atoms with Crippen LogP contribution in [-0.2, 0) is 21.2 Å². The molecule has 0 saturated heterocycles. The zero-order valence-corrected chi connectivity index (χ0v) is 19.0. The van der Waals surface area contributed by atoms with Crippen molar-refractivity contribution >= 4 is 50.6 Å². The minimum absolute atomic E-state index is 0.0493. The molecule has 0 aliphatic heterocycles. The first-order valence-electron chi connectivity index (χ1n) is 8.91. The van der Waals surface area contributed by atoms with E-state index >= 15 is 0 Å². The number of hydrogen-bond acceptors (Lipinski definition) is 6. The van der Waals surface area contributed by atoms with Gasteiger partial charge >= 0.3 is 0 Å². The summed E-state index contributed by atoms with van der Waals surface area (Å²) in [5, 5.41) is 7.72. The lowest BCUT2D eigenvalue weighted by molar-refractivity contribution is -0.116. The highest BCUT2D eigenvalue weighted by atomic mass is 35.5. The molecule has 0 fully saturated rings. The number of amides is 1. The van der Waals surface area contributed by atoms with Crippen molar-refractivity contribution in [2.45, 2.75) is 35.2 Å². The Labute approximate surface area is 184 Å². The first-order valence-corrected chi connectivity index (χ1v) is 12.0. The summed E-state index contributed by atoms with van der Waals surface area (Å²) in [6.45, 7) is 3.60. The van der Waals surface area contributed by atoms with Crippen molar-refractivity contribution in [3.05, 3.63) is 58.6 Å². The van der Waals surface area contributed by atoms with Gasteiger partial charge in [0, 0.05) is 10.7 Å². The fourth-order valence-corrected chi connectivity index (χ4v) is 5.43. The molecule has 1 heterocycles. The summed E-state index contributed by atoms with van der Waals surface area (Å²) in [5.41, 5.74) is 8.74. The Balaban J connectivity index is 1.92. The van der Waals surface area contributed by atoms with Crippen LogP contribution in [0.25, 0.3) is 0 Å². The monoisotopic (exact) mass is 464 g/mol. The Morgan fingerprint density at radius 1 is 1.20 bits per heavy atom. The molecule has 1 aromatic heterocycles. The number of halogens is 1. The zero-order valence-electron chi connectivity index (χ0n) is 16.6. The molecule has 0 spiro atoms. The van der Waals surface area contributed by atoms with Crippen molar-refractivity contribution in [3.8, 4) is 0 Å². The molecule has 3 aromatic rings. The van der Waals surface area contributed by atoms with E-state index in [1.165, 1.54) is 28.9 Å². The molecule has 1 amide bonds. The first-order chi connectivity index (χ1) is 14.1. The molecule has 30 heavy (non-hydrogen) atoms. The molecule has 7 nitrogen and oxygen atoms in total. The maximum Gasteiger partial charge on any atom is 0.246 e. The molecule has 0 aliphatic rings. The van der Waals surface area contributed by atoms with Crippen molar-refractivity contribution in [1.29, 1.82) is 0 Å². The van der Waals surface area contributed by atoms with Crippen molar-refractivity contribution in [1.82, 2.24) is 9.78 Å². The Hall–Kier alpha value is -2.49. The summed E-state index contributed by atoms with van der Waals surface area (Å²) in [7, 11) is -3.93. The SMILES string of the molecule is CSc1nn(CC(=O)Nc2cc(C)ccc2C)c(N)c1S(=O)(=O)c1ccc(Cl)cc1. The highest BCUT2D eigenvalue weighted by molar-refractivity contribution is 7.99. The van der Waals surface area contributed by atoms with Gasteiger partial charge in [0.2, 0.25) is 15.7 Å². The number of nitrogens with zero attached hydrogens (tertiary/aromatic N) is 2. The predicted molar refractivity (Wildman–Crippen MR) is 120 cm³/mol. The summed E-state index contributed by atoms with van der Waals surface area (Å²) in [6, 6.07) is 11.5. The number of benzene rings is 2. The standard InChI is InChI=1S/C20H21ClN4O3S2/c1-12-4-5-13(2)16(10-12)23-17(26)11-25-19(22)18(20(24-25)29-3)30(27,28)15-8-6-14(21)7-9-15/h4-10H,11,22H2,1-3H3,(H,23,26). The number of nitrogens with two attached hydrogens (primary N) is 1. The Morgan fingerprint density at radius 2 is 1.87 bits per heavy atom. The third-order valence-electron chi connectivity index (χ3n) is 4.46. The fraction of sp³-hybridized carbons (Fsp3) is 0.200. The molecular weight excluding hydrogens is 444 g/mol. The largest absolute Gasteiger partial charge is 0.383 e. The molecule has 2 aromatic carbocycles. The van der Waals surface area contributed by atoms with Crippen LogP contribution in [0.15, 0.2) is 57.3 Å². The normalized spacial score (nSPS) is 11.5. The van der Waals surface area contributed by atoms with Gasteiger partial charge in [0.05, 0.1) is 4.90 Å². The van der Waals surface area contributed by atoms with Gasteiger partial charge < -0.3 is 11.1 Å². The van der Waals surface area contributed by atoms with Crippen LogP contribution >= 0.6 is 23.4 Å². The van der Waals surface area contributed by atoms with E-state index in [1.54, 1.807) is 6.26 Å². The van der Waals surface area contributed by atoms with Crippen molar-refractivity contribution in [2.24, 2.45) is 0 Å². The minimum Gasteiger partial charge on any atom is -0.383 e. The van der Waals surface area contributed by atoms with Gasteiger partial charge in [-0.3, -0.25) is 4.79 Å². The summed E-state index contributed by atoms with van der Waals surface area (Å²) in [5.74, 6) is -0.452. The van der Waals surface area contributed by atoms with Crippen LogP contribution in [-0.4, -0.2) is 30.4 Å². The van der Waals surface area contributed by atoms with Gasteiger partial charge in [-0.1, -0.05) is 23.7 Å². The number of nitrogen functional groups attached to an aromatic ring is 1. The number of aryl methyl sites for hydroxylation is 2. The maximum absolute atomic E-state index is 13.1. The number of thioether (sulfide) groups is 1. The molecule has 0 saturated carbocycles. The third kappa shape index (κ3) is 4.48. The smallest absolute Gasteiger partial charge is 0.246 e. The van der Waals surface area contributed by atoms with Crippen LogP contribution in [0.1, 0.15) is 11.1 Å². The highest BCUT2D eigenvalue weighted by Crippen LogP contribution is 2.34. The van der Waals surface area contributed by atoms with Gasteiger partial charge in [-0.2, -0.15) is 5.10 Å². The van der Waals surface area contributed by atoms with Crippen LogP contribution in [0.3, 0.4) is 0 Å². The highest BCUT2D eigenvalue weighted by Gasteiger charge is 2.29. The van der Waals surface area contributed by atoms with Crippen LogP contribution in [0.2, 0.25) is 5.02 Å². The number of aromatic nitrogens is 2. The third-order valence-corrected chi connectivity index (χ3v) is 7.35. The second kappa shape index (κ2) is 8.71. The van der Waals surface area contributed by atoms with E-state index < -0.39 is 9.84 Å². The van der Waals surface area contributed by atoms with E-state index in [4.69, 9.17) is 17.3 Å². The predicted octanol–water partition coefficient (Wildman–Crippen LogP) is 3.93. The van der Waals surface area contributed by atoms with Gasteiger partial charge in [-0.05, 0) is 61.6 Å². The molecule has 0 aliphatic carbocycles. The fourth-order valence-electron chi connectivity index (χ4n) is 2.87. The Morgan fingerprint density at radius 3 is 2.50 bits per heavy atom. The van der Waals surface area contributed by atoms with Gasteiger partial charge in [0.15, 0.2) is 0 Å². The van der Waals surface area contributed by atoms with Crippen molar-refractivity contribution in [2.75, 3.05) is 17.3 Å². The van der Waals surface area contributed by atoms with Gasteiger partial charge in [-0.25, -0.2) is 13.1 Å². The molecule has 0 unspecified atom stereocenters. The lowest BCUT2D eigenvalue weighted by Crippen LogP contribution is -2.21. The number of carbonyl (C=O) groups is 1. The average Bonchev–Trinajstić information content (AvgIpc) is 3.01. The van der Waals surface area contributed by atoms with E-state index in [9.17, 15) is 13.2 Å². The topological polar surface area (TPSA) is 107 Å². The number of nitrogens with one attached hydrogen (secondary N) is 1. The van der Waals surface area contributed by atoms with Crippen LogP contribution in [0.5, 0.6) is 0 Å². The Kier molecular flexibility index (Phi) is 6.44. The number of carbonyl (C=O) groups excluding carboxylic acids is 1. The van der Waals surface area contributed by atoms with Crippen LogP contribution in [0.4, 0.5) is 11.5 Å². The Bertz CT molecular complexity index is 1210. The second-order valence-corrected chi connectivity index (χ2v) is 9.82. The van der Waals surface area contributed by atoms with Crippen LogP contribution < -0.4 is 11.1 Å². The number of anilines is 2. The van der Waals surface area contributed by atoms with Gasteiger partial charge in [0.1, 0.15) is 22.3 Å². The van der Waals surface area contributed by atoms with Crippen molar-refractivity contribution < 1.29 is 13.2 Å². The lowest BCUT2D eigenvalue weighted by atomic mass is 10.1. The molecule has 0 radical (unpaired) electrons. The van der Waals surface area contributed by atoms with Gasteiger partial charge in [0.25, 0.3) is 0 Å². The number of hydrogen-bond donors (Lipinski definition) is 2. The molecule has 0 atom stereocenters. The summed E-state index contributed by atoms with van der Waals surface area (Å²) in [4.78, 5) is 12.5. The van der Waals surface area contributed by atoms with Crippen molar-refractivity contribution in [3.63, 3.8) is 0 Å². The number of rotatable bonds is 6. The van der Waals surface area contributed by atoms with E-state index in [-0.39, 0.29) is 33.1 Å². The van der Waals surface area contributed by atoms with E-state index in [0.29, 0.717) is 10.7 Å². The molecule has 3 N–H and O–H groups in total. The summed E-state index contributed by atoms with van der Waals surface area (Å²) >= 11 is 7.00. The lowest BCUT2D eigenvalue weighted by Gasteiger charge is -2.10. The second-order valence-electron chi connectivity index (χ2n) is 6.71. The molecule has 3 rings (SSSR count). The summed E-state index contributed by atoms with van der Waals surface area (Å²) in [6.07, 6.45) is 1.70. The summed E-state index contributed by atoms with van der Waals surface area (Å²) < 4.78 is 27.5. The molecule has 10 heteroatoms.